The summed E-state index contributed by atoms with van der Waals surface area (Å²) in [5, 5.41) is 25.6. The molecule has 0 aliphatic carbocycles. The van der Waals surface area contributed by atoms with Crippen LogP contribution in [0.1, 0.15) is 50.3 Å². The van der Waals surface area contributed by atoms with Gasteiger partial charge in [-0.05, 0) is 25.3 Å². The highest BCUT2D eigenvalue weighted by molar-refractivity contribution is 5.90. The monoisotopic (exact) mass is 417 g/mol. The van der Waals surface area contributed by atoms with Crippen molar-refractivity contribution >= 4 is 11.8 Å². The van der Waals surface area contributed by atoms with E-state index in [4.69, 9.17) is 0 Å². The van der Waals surface area contributed by atoms with Gasteiger partial charge in [0.15, 0.2) is 0 Å². The van der Waals surface area contributed by atoms with Crippen molar-refractivity contribution in [3.8, 4) is 0 Å². The fraction of sp³-hybridized carbons (Fsp3) is 0.650. The summed E-state index contributed by atoms with van der Waals surface area (Å²) in [5.74, 6) is -0.536. The zero-order chi connectivity index (χ0) is 22.2. The summed E-state index contributed by atoms with van der Waals surface area (Å²) in [5.41, 5.74) is 2.15. The van der Waals surface area contributed by atoms with Gasteiger partial charge in [-0.25, -0.2) is 4.68 Å². The Balaban J connectivity index is 1.88. The Labute approximate surface area is 176 Å². The number of hydrogen-bond donors (Lipinski definition) is 2. The molecule has 3 heterocycles. The number of hydrogen-bond acceptors (Lipinski definition) is 6. The van der Waals surface area contributed by atoms with Crippen LogP contribution in [0.15, 0.2) is 12.3 Å². The largest absolute Gasteiger partial charge is 0.391 e. The van der Waals surface area contributed by atoms with Gasteiger partial charge in [-0.3, -0.25) is 14.3 Å². The van der Waals surface area contributed by atoms with Crippen molar-refractivity contribution in [1.29, 1.82) is 0 Å². The topological polar surface area (TPSA) is 118 Å². The number of likely N-dealkylation sites (N-methyl/N-ethyl adjacent to an activating group) is 1. The van der Waals surface area contributed by atoms with E-state index in [2.05, 4.69) is 20.7 Å². The second-order valence-corrected chi connectivity index (χ2v) is 9.05. The van der Waals surface area contributed by atoms with Crippen molar-refractivity contribution in [2.45, 2.75) is 65.8 Å². The number of likely N-dealkylation sites (tertiary alicyclic amines) is 1. The number of aromatic nitrogens is 5. The predicted molar refractivity (Wildman–Crippen MR) is 110 cm³/mol. The molecule has 164 valence electrons. The predicted octanol–water partition coefficient (Wildman–Crippen LogP) is 0.435. The van der Waals surface area contributed by atoms with Crippen LogP contribution in [0.2, 0.25) is 0 Å². The normalized spacial score (nSPS) is 20.4. The molecule has 1 fully saturated rings. The van der Waals surface area contributed by atoms with Gasteiger partial charge in [0, 0.05) is 25.7 Å². The van der Waals surface area contributed by atoms with E-state index >= 15 is 0 Å². The molecule has 0 bridgehead atoms. The van der Waals surface area contributed by atoms with Gasteiger partial charge in [0.1, 0.15) is 17.8 Å². The van der Waals surface area contributed by atoms with Crippen LogP contribution in [0.25, 0.3) is 0 Å². The number of carbonyl (C=O) groups excluding carboxylic acids is 2. The number of aryl methyl sites for hydroxylation is 2. The van der Waals surface area contributed by atoms with Crippen LogP contribution >= 0.6 is 0 Å². The standard InChI is InChI=1S/C20H31N7O3/c1-12-7-13(2)26(23-12)9-14-10-27(24-22-14)17(20(3,4)5)19(30)25-11-15(28)8-16(25)18(29)21-6/h7,10,15-17,28H,8-9,11H2,1-6H3,(H,21,29)/t15?,16?,17-/m1/s1. The fourth-order valence-corrected chi connectivity index (χ4v) is 4.01. The molecular formula is C20H31N7O3. The molecule has 2 unspecified atom stereocenters. The molecule has 0 spiro atoms. The first-order valence-electron chi connectivity index (χ1n) is 10.1. The van der Waals surface area contributed by atoms with Gasteiger partial charge in [-0.15, -0.1) is 5.10 Å². The summed E-state index contributed by atoms with van der Waals surface area (Å²) in [4.78, 5) is 27.2. The number of carbonyl (C=O) groups is 2. The van der Waals surface area contributed by atoms with Gasteiger partial charge in [0.05, 0.1) is 24.5 Å². The summed E-state index contributed by atoms with van der Waals surface area (Å²) in [6.45, 7) is 10.3. The quantitative estimate of drug-likeness (QED) is 0.729. The molecule has 10 heteroatoms. The number of aliphatic hydroxyl groups is 1. The number of amides is 2. The summed E-state index contributed by atoms with van der Waals surface area (Å²) in [6, 6.07) is 0.625. The van der Waals surface area contributed by atoms with E-state index in [-0.39, 0.29) is 24.8 Å². The Morgan fingerprint density at radius 3 is 2.60 bits per heavy atom. The maximum Gasteiger partial charge on any atom is 0.248 e. The van der Waals surface area contributed by atoms with Crippen LogP contribution < -0.4 is 5.32 Å². The second kappa shape index (κ2) is 8.17. The van der Waals surface area contributed by atoms with Crippen molar-refractivity contribution in [1.82, 2.24) is 35.0 Å². The van der Waals surface area contributed by atoms with Crippen molar-refractivity contribution in [2.24, 2.45) is 5.41 Å². The van der Waals surface area contributed by atoms with Crippen molar-refractivity contribution in [3.05, 3.63) is 29.3 Å². The maximum atomic E-state index is 13.5. The van der Waals surface area contributed by atoms with Gasteiger partial charge < -0.3 is 15.3 Å². The van der Waals surface area contributed by atoms with Gasteiger partial charge in [0.25, 0.3) is 0 Å². The first-order chi connectivity index (χ1) is 14.0. The van der Waals surface area contributed by atoms with Crippen LogP contribution in [0.4, 0.5) is 0 Å². The van der Waals surface area contributed by atoms with Gasteiger partial charge in [0.2, 0.25) is 11.8 Å². The Kier molecular flexibility index (Phi) is 5.98. The molecule has 2 N–H and O–H groups in total. The lowest BCUT2D eigenvalue weighted by Gasteiger charge is -2.34. The summed E-state index contributed by atoms with van der Waals surface area (Å²) in [6.07, 6.45) is 1.25. The molecule has 0 saturated carbocycles. The van der Waals surface area contributed by atoms with E-state index in [1.54, 1.807) is 10.9 Å². The highest BCUT2D eigenvalue weighted by atomic mass is 16.3. The van der Waals surface area contributed by atoms with Crippen LogP contribution in [0, 0.1) is 19.3 Å². The molecule has 1 aliphatic heterocycles. The minimum atomic E-state index is -0.728. The number of nitrogens with one attached hydrogen (secondary N) is 1. The zero-order valence-electron chi connectivity index (χ0n) is 18.5. The molecule has 2 aromatic rings. The van der Waals surface area contributed by atoms with E-state index in [1.165, 1.54) is 11.9 Å². The maximum absolute atomic E-state index is 13.5. The lowest BCUT2D eigenvalue weighted by atomic mass is 9.85. The summed E-state index contributed by atoms with van der Waals surface area (Å²) >= 11 is 0. The molecule has 3 rings (SSSR count). The van der Waals surface area contributed by atoms with E-state index < -0.39 is 23.6 Å². The number of β-amino-alcohol motifs (C(OH)–C–C–N with tert-alkyl or cyclic N) is 1. The average Bonchev–Trinajstić information content (AvgIpc) is 3.33. The highest BCUT2D eigenvalue weighted by Crippen LogP contribution is 2.34. The molecule has 2 amide bonds. The first-order valence-corrected chi connectivity index (χ1v) is 10.1. The van der Waals surface area contributed by atoms with E-state index in [0.717, 1.165) is 11.4 Å². The smallest absolute Gasteiger partial charge is 0.248 e. The van der Waals surface area contributed by atoms with Crippen molar-refractivity contribution < 1.29 is 14.7 Å². The Hall–Kier alpha value is -2.75. The number of rotatable bonds is 5. The number of aliphatic hydroxyl groups excluding tert-OH is 1. The third kappa shape index (κ3) is 4.38. The molecule has 30 heavy (non-hydrogen) atoms. The lowest BCUT2D eigenvalue weighted by Crippen LogP contribution is -2.49. The van der Waals surface area contributed by atoms with Crippen LogP contribution in [0.5, 0.6) is 0 Å². The molecular weight excluding hydrogens is 386 g/mol. The highest BCUT2D eigenvalue weighted by Gasteiger charge is 2.44. The van der Waals surface area contributed by atoms with Gasteiger partial charge in [-0.1, -0.05) is 26.0 Å². The molecule has 0 aromatic carbocycles. The fourth-order valence-electron chi connectivity index (χ4n) is 4.01. The van der Waals surface area contributed by atoms with Crippen molar-refractivity contribution in [2.75, 3.05) is 13.6 Å². The molecule has 0 radical (unpaired) electrons. The zero-order valence-corrected chi connectivity index (χ0v) is 18.5. The Morgan fingerprint density at radius 2 is 2.03 bits per heavy atom. The van der Waals surface area contributed by atoms with Crippen LogP contribution in [-0.4, -0.2) is 72.3 Å². The van der Waals surface area contributed by atoms with E-state index in [9.17, 15) is 14.7 Å². The summed E-state index contributed by atoms with van der Waals surface area (Å²) in [7, 11) is 1.53. The van der Waals surface area contributed by atoms with Crippen LogP contribution in [0.3, 0.4) is 0 Å². The number of nitrogens with zero attached hydrogens (tertiary/aromatic N) is 6. The first kappa shape index (κ1) is 21.9. The Morgan fingerprint density at radius 1 is 1.33 bits per heavy atom. The van der Waals surface area contributed by atoms with E-state index in [0.29, 0.717) is 12.2 Å². The third-order valence-corrected chi connectivity index (χ3v) is 5.40. The molecule has 10 nitrogen and oxygen atoms in total. The van der Waals surface area contributed by atoms with Gasteiger partial charge in [-0.2, -0.15) is 5.10 Å². The van der Waals surface area contributed by atoms with Crippen LogP contribution in [-0.2, 0) is 16.1 Å². The minimum absolute atomic E-state index is 0.122. The molecule has 2 aromatic heterocycles. The lowest BCUT2D eigenvalue weighted by molar-refractivity contribution is -0.144. The molecule has 1 aliphatic rings. The Bertz CT molecular complexity index is 927. The van der Waals surface area contributed by atoms with Crippen molar-refractivity contribution in [3.63, 3.8) is 0 Å². The van der Waals surface area contributed by atoms with E-state index in [1.807, 2.05) is 45.4 Å². The molecule has 3 atom stereocenters. The molecule has 1 saturated heterocycles. The minimum Gasteiger partial charge on any atom is -0.391 e. The average molecular weight is 418 g/mol. The van der Waals surface area contributed by atoms with Gasteiger partial charge >= 0.3 is 0 Å². The SMILES string of the molecule is CNC(=O)C1CC(O)CN1C(=O)[C@@H](n1cc(Cn2nc(C)cc2C)nn1)C(C)(C)C. The second-order valence-electron chi connectivity index (χ2n) is 9.05. The third-order valence-electron chi connectivity index (χ3n) is 5.40. The summed E-state index contributed by atoms with van der Waals surface area (Å²) < 4.78 is 3.41.